The van der Waals surface area contributed by atoms with E-state index >= 15 is 0 Å². The van der Waals surface area contributed by atoms with Gasteiger partial charge in [-0.1, -0.05) is 11.6 Å². The SMILES string of the molecule is Cc1cc(C(=O)Nc2cccnc2Cl)c2c(C)nn(-c3ccc(F)cc3)c2n1. The predicted molar refractivity (Wildman–Crippen MR) is 105 cm³/mol. The third-order valence-electron chi connectivity index (χ3n) is 4.26. The highest BCUT2D eigenvalue weighted by atomic mass is 35.5. The Kier molecular flexibility index (Phi) is 4.52. The van der Waals surface area contributed by atoms with E-state index in [-0.39, 0.29) is 16.9 Å². The van der Waals surface area contributed by atoms with E-state index in [9.17, 15) is 9.18 Å². The standard InChI is InChI=1S/C20H15ClFN5O/c1-11-10-15(20(28)25-16-4-3-9-23-18(16)21)17-12(2)26-27(19(17)24-11)14-7-5-13(22)6-8-14/h3-10H,1-2H3,(H,25,28). The number of pyridine rings is 2. The quantitative estimate of drug-likeness (QED) is 0.519. The van der Waals surface area contributed by atoms with Crippen LogP contribution in [0.5, 0.6) is 0 Å². The van der Waals surface area contributed by atoms with Gasteiger partial charge in [0.1, 0.15) is 5.82 Å². The average molecular weight is 396 g/mol. The summed E-state index contributed by atoms with van der Waals surface area (Å²) in [5.41, 5.74) is 3.30. The van der Waals surface area contributed by atoms with Crippen molar-refractivity contribution >= 4 is 34.2 Å². The van der Waals surface area contributed by atoms with Gasteiger partial charge in [-0.15, -0.1) is 0 Å². The van der Waals surface area contributed by atoms with Crippen molar-refractivity contribution in [1.29, 1.82) is 0 Å². The van der Waals surface area contributed by atoms with Crippen molar-refractivity contribution in [1.82, 2.24) is 19.7 Å². The van der Waals surface area contributed by atoms with Crippen molar-refractivity contribution in [3.8, 4) is 5.69 Å². The Morgan fingerprint density at radius 3 is 2.64 bits per heavy atom. The summed E-state index contributed by atoms with van der Waals surface area (Å²) in [5, 5.41) is 8.12. The van der Waals surface area contributed by atoms with E-state index in [4.69, 9.17) is 11.6 Å². The number of rotatable bonds is 3. The Balaban J connectivity index is 1.85. The second-order valence-electron chi connectivity index (χ2n) is 6.28. The van der Waals surface area contributed by atoms with Gasteiger partial charge in [-0.2, -0.15) is 5.10 Å². The van der Waals surface area contributed by atoms with Gasteiger partial charge in [-0.25, -0.2) is 19.0 Å². The number of amides is 1. The number of carbonyl (C=O) groups is 1. The fourth-order valence-corrected chi connectivity index (χ4v) is 3.19. The Bertz CT molecular complexity index is 1200. The fourth-order valence-electron chi connectivity index (χ4n) is 3.02. The van der Waals surface area contributed by atoms with Gasteiger partial charge in [0.25, 0.3) is 5.91 Å². The summed E-state index contributed by atoms with van der Waals surface area (Å²) in [4.78, 5) is 21.5. The molecule has 28 heavy (non-hydrogen) atoms. The molecule has 0 radical (unpaired) electrons. The van der Waals surface area contributed by atoms with Crippen LogP contribution in [0.1, 0.15) is 21.7 Å². The van der Waals surface area contributed by atoms with Crippen LogP contribution >= 0.6 is 11.6 Å². The number of anilines is 1. The molecule has 0 spiro atoms. The Morgan fingerprint density at radius 1 is 1.18 bits per heavy atom. The summed E-state index contributed by atoms with van der Waals surface area (Å²) in [6.07, 6.45) is 1.55. The molecule has 0 saturated heterocycles. The maximum atomic E-state index is 13.3. The van der Waals surface area contributed by atoms with Gasteiger partial charge in [-0.3, -0.25) is 4.79 Å². The average Bonchev–Trinajstić information content (AvgIpc) is 3.00. The van der Waals surface area contributed by atoms with Gasteiger partial charge in [0.15, 0.2) is 10.8 Å². The lowest BCUT2D eigenvalue weighted by Crippen LogP contribution is -2.14. The minimum absolute atomic E-state index is 0.205. The number of fused-ring (bicyclic) bond motifs is 1. The molecule has 8 heteroatoms. The molecule has 0 fully saturated rings. The van der Waals surface area contributed by atoms with E-state index in [1.54, 1.807) is 55.1 Å². The Labute approximate surface area is 165 Å². The molecule has 6 nitrogen and oxygen atoms in total. The maximum absolute atomic E-state index is 13.3. The van der Waals surface area contributed by atoms with Crippen molar-refractivity contribution in [2.45, 2.75) is 13.8 Å². The van der Waals surface area contributed by atoms with Crippen molar-refractivity contribution < 1.29 is 9.18 Å². The van der Waals surface area contributed by atoms with Crippen LogP contribution in [0.3, 0.4) is 0 Å². The van der Waals surface area contributed by atoms with E-state index in [0.717, 1.165) is 0 Å². The number of hydrogen-bond donors (Lipinski definition) is 1. The lowest BCUT2D eigenvalue weighted by Gasteiger charge is -2.09. The third-order valence-corrected chi connectivity index (χ3v) is 4.57. The number of aryl methyl sites for hydroxylation is 2. The summed E-state index contributed by atoms with van der Waals surface area (Å²) in [7, 11) is 0. The molecule has 4 aromatic rings. The van der Waals surface area contributed by atoms with Gasteiger partial charge in [0.2, 0.25) is 0 Å². The van der Waals surface area contributed by atoms with Crippen LogP contribution in [0.2, 0.25) is 5.15 Å². The van der Waals surface area contributed by atoms with Gasteiger partial charge < -0.3 is 5.32 Å². The first kappa shape index (κ1) is 18.1. The monoisotopic (exact) mass is 395 g/mol. The summed E-state index contributed by atoms with van der Waals surface area (Å²) in [5.74, 6) is -0.679. The minimum atomic E-state index is -0.341. The fraction of sp³-hybridized carbons (Fsp3) is 0.100. The summed E-state index contributed by atoms with van der Waals surface area (Å²) in [6.45, 7) is 3.60. The van der Waals surface area contributed by atoms with E-state index in [1.165, 1.54) is 12.1 Å². The first-order valence-corrected chi connectivity index (χ1v) is 8.86. The van der Waals surface area contributed by atoms with Crippen molar-refractivity contribution in [3.05, 3.63) is 76.6 Å². The van der Waals surface area contributed by atoms with Crippen molar-refractivity contribution in [2.24, 2.45) is 0 Å². The number of halogens is 2. The molecule has 0 aliphatic heterocycles. The summed E-state index contributed by atoms with van der Waals surface area (Å²) in [6, 6.07) is 11.0. The minimum Gasteiger partial charge on any atom is -0.319 e. The van der Waals surface area contributed by atoms with Crippen LogP contribution < -0.4 is 5.32 Å². The van der Waals surface area contributed by atoms with Crippen molar-refractivity contribution in [3.63, 3.8) is 0 Å². The molecule has 0 unspecified atom stereocenters. The maximum Gasteiger partial charge on any atom is 0.256 e. The second kappa shape index (κ2) is 7.01. The van der Waals surface area contributed by atoms with Gasteiger partial charge in [0, 0.05) is 11.9 Å². The molecule has 0 saturated carbocycles. The van der Waals surface area contributed by atoms with Crippen LogP contribution in [0.15, 0.2) is 48.7 Å². The second-order valence-corrected chi connectivity index (χ2v) is 6.64. The molecule has 1 N–H and O–H groups in total. The van der Waals surface area contributed by atoms with Crippen LogP contribution in [-0.4, -0.2) is 25.7 Å². The molecule has 3 heterocycles. The molecule has 0 aliphatic carbocycles. The number of carbonyl (C=O) groups excluding carboxylic acids is 1. The zero-order valence-corrected chi connectivity index (χ0v) is 15.8. The van der Waals surface area contributed by atoms with E-state index in [2.05, 4.69) is 20.4 Å². The summed E-state index contributed by atoms with van der Waals surface area (Å²) < 4.78 is 14.9. The van der Waals surface area contributed by atoms with Crippen LogP contribution in [0.25, 0.3) is 16.7 Å². The van der Waals surface area contributed by atoms with Crippen LogP contribution in [0, 0.1) is 19.7 Å². The molecular formula is C20H15ClFN5O. The van der Waals surface area contributed by atoms with Crippen molar-refractivity contribution in [2.75, 3.05) is 5.32 Å². The highest BCUT2D eigenvalue weighted by Crippen LogP contribution is 2.26. The normalized spacial score (nSPS) is 11.0. The Morgan fingerprint density at radius 2 is 1.93 bits per heavy atom. The van der Waals surface area contributed by atoms with Gasteiger partial charge in [-0.05, 0) is 56.3 Å². The molecule has 4 rings (SSSR count). The summed E-state index contributed by atoms with van der Waals surface area (Å²) >= 11 is 6.05. The highest BCUT2D eigenvalue weighted by molar-refractivity contribution is 6.32. The van der Waals surface area contributed by atoms with Crippen LogP contribution in [0.4, 0.5) is 10.1 Å². The lowest BCUT2D eigenvalue weighted by molar-refractivity contribution is 0.102. The molecular weight excluding hydrogens is 381 g/mol. The number of nitrogens with zero attached hydrogens (tertiary/aromatic N) is 4. The predicted octanol–water partition coefficient (Wildman–Crippen LogP) is 4.48. The molecule has 140 valence electrons. The van der Waals surface area contributed by atoms with Gasteiger partial charge in [0.05, 0.1) is 28.0 Å². The number of nitrogens with one attached hydrogen (secondary N) is 1. The first-order valence-electron chi connectivity index (χ1n) is 8.49. The zero-order chi connectivity index (χ0) is 19.8. The van der Waals surface area contributed by atoms with E-state index in [0.29, 0.717) is 39.4 Å². The largest absolute Gasteiger partial charge is 0.319 e. The molecule has 1 amide bonds. The van der Waals surface area contributed by atoms with Crippen LogP contribution in [-0.2, 0) is 0 Å². The molecule has 1 aromatic carbocycles. The smallest absolute Gasteiger partial charge is 0.256 e. The van der Waals surface area contributed by atoms with Gasteiger partial charge >= 0.3 is 0 Å². The Hall–Kier alpha value is -3.32. The first-order chi connectivity index (χ1) is 13.4. The molecule has 3 aromatic heterocycles. The third kappa shape index (κ3) is 3.20. The highest BCUT2D eigenvalue weighted by Gasteiger charge is 2.20. The number of hydrogen-bond acceptors (Lipinski definition) is 4. The molecule has 0 bridgehead atoms. The number of aromatic nitrogens is 4. The van der Waals surface area contributed by atoms with E-state index in [1.807, 2.05) is 0 Å². The van der Waals surface area contributed by atoms with E-state index < -0.39 is 0 Å². The lowest BCUT2D eigenvalue weighted by atomic mass is 10.1. The molecule has 0 aliphatic rings. The zero-order valence-electron chi connectivity index (χ0n) is 15.1. The number of benzene rings is 1. The topological polar surface area (TPSA) is 72.7 Å². The molecule has 0 atom stereocenters.